The summed E-state index contributed by atoms with van der Waals surface area (Å²) >= 11 is 0. The molecule has 0 bridgehead atoms. The first-order valence-electron chi connectivity index (χ1n) is 17.4. The van der Waals surface area contributed by atoms with Crippen LogP contribution in [0.3, 0.4) is 0 Å². The van der Waals surface area contributed by atoms with Crippen LogP contribution in [0.1, 0.15) is 5.56 Å². The molecule has 0 aliphatic carbocycles. The SMILES string of the molecule is [C-]#[O+].[C-]#[O+].[CH-]=Cc1ccccc1.[Mn].[Pt].c1cc[cH-]c1.c1ccc(P(c2ccccc2)c2ccccc2)cc1.c1ccc(P(c2ccccc2)c2ccccc2)cc1. The van der Waals surface area contributed by atoms with Gasteiger partial charge in [-0.05, 0) is 47.7 Å². The Morgan fingerprint density at radius 1 is 0.351 bits per heavy atom. The first kappa shape index (κ1) is 50.2. The molecule has 8 rings (SSSR count). The summed E-state index contributed by atoms with van der Waals surface area (Å²) in [7, 11) is -0.892. The van der Waals surface area contributed by atoms with Gasteiger partial charge in [0.1, 0.15) is 0 Å². The number of hydrogen-bond donors (Lipinski definition) is 0. The first-order chi connectivity index (χ1) is 27.3. The molecule has 0 N–H and O–H groups in total. The molecule has 287 valence electrons. The van der Waals surface area contributed by atoms with E-state index in [1.165, 1.54) is 31.8 Å². The molecular weight excluding hydrogens is 957 g/mol. The molecule has 0 spiro atoms. The van der Waals surface area contributed by atoms with E-state index in [1.807, 2.05) is 60.7 Å². The van der Waals surface area contributed by atoms with Crippen LogP contribution in [0.4, 0.5) is 0 Å². The minimum absolute atomic E-state index is 0. The molecule has 6 heteroatoms. The largest absolute Gasteiger partial charge is 0.292 e. The molecule has 1 radical (unpaired) electrons. The van der Waals surface area contributed by atoms with Crippen molar-refractivity contribution in [1.29, 1.82) is 0 Å². The number of rotatable bonds is 7. The van der Waals surface area contributed by atoms with E-state index in [2.05, 4.69) is 195 Å². The molecule has 0 aliphatic rings. The van der Waals surface area contributed by atoms with Crippen LogP contribution in [-0.4, -0.2) is 0 Å². The van der Waals surface area contributed by atoms with Crippen LogP contribution in [0.5, 0.6) is 0 Å². The van der Waals surface area contributed by atoms with Gasteiger partial charge in [-0.3, -0.25) is 6.58 Å². The van der Waals surface area contributed by atoms with Crippen molar-refractivity contribution in [2.75, 3.05) is 0 Å². The second kappa shape index (κ2) is 32.3. The van der Waals surface area contributed by atoms with Crippen molar-refractivity contribution >= 4 is 53.7 Å². The summed E-state index contributed by atoms with van der Waals surface area (Å²) in [6.07, 6.45) is 1.58. The average molecular weight is 999 g/mol. The third-order valence-corrected chi connectivity index (χ3v) is 12.5. The molecule has 8 aromatic rings. The second-order valence-corrected chi connectivity index (χ2v) is 15.7. The Morgan fingerprint density at radius 2 is 0.544 bits per heavy atom. The average Bonchev–Trinajstić information content (AvgIpc) is 3.89. The van der Waals surface area contributed by atoms with Crippen molar-refractivity contribution < 1.29 is 47.4 Å². The quantitative estimate of drug-likeness (QED) is 0.0661. The van der Waals surface area contributed by atoms with E-state index < -0.39 is 15.8 Å². The summed E-state index contributed by atoms with van der Waals surface area (Å²) in [6.45, 7) is 14.2. The van der Waals surface area contributed by atoms with E-state index >= 15 is 0 Å². The van der Waals surface area contributed by atoms with E-state index in [4.69, 9.17) is 15.9 Å². The fourth-order valence-corrected chi connectivity index (χ4v) is 9.85. The van der Waals surface area contributed by atoms with Gasteiger partial charge in [-0.25, -0.2) is 18.2 Å². The second-order valence-electron chi connectivity index (χ2n) is 11.2. The summed E-state index contributed by atoms with van der Waals surface area (Å²) in [5, 5.41) is 8.39. The fraction of sp³-hybridized carbons (Fsp3) is 0. The van der Waals surface area contributed by atoms with Crippen LogP contribution < -0.4 is 31.8 Å². The molecular formula is C51H42MnO2P2Pt-2. The van der Waals surface area contributed by atoms with E-state index in [1.54, 1.807) is 6.08 Å². The summed E-state index contributed by atoms with van der Waals surface area (Å²) in [4.78, 5) is 0. The van der Waals surface area contributed by atoms with Crippen molar-refractivity contribution in [2.45, 2.75) is 0 Å². The normalized spacial score (nSPS) is 9.02. The van der Waals surface area contributed by atoms with Crippen LogP contribution in [0.15, 0.2) is 243 Å². The van der Waals surface area contributed by atoms with Crippen molar-refractivity contribution in [2.24, 2.45) is 0 Å². The van der Waals surface area contributed by atoms with Crippen molar-refractivity contribution in [3.05, 3.63) is 268 Å². The van der Waals surface area contributed by atoms with Crippen molar-refractivity contribution in [1.82, 2.24) is 0 Å². The predicted octanol–water partition coefficient (Wildman–Crippen LogP) is 10.3. The van der Waals surface area contributed by atoms with Crippen LogP contribution >= 0.6 is 15.8 Å². The Hall–Kier alpha value is -4.82. The summed E-state index contributed by atoms with van der Waals surface area (Å²) < 4.78 is 15.0. The Labute approximate surface area is 366 Å². The van der Waals surface area contributed by atoms with Gasteiger partial charge in [0.25, 0.3) is 0 Å². The maximum absolute atomic E-state index is 7.50. The Kier molecular flexibility index (Phi) is 28.4. The molecule has 2 nitrogen and oxygen atoms in total. The van der Waals surface area contributed by atoms with E-state index in [9.17, 15) is 0 Å². The third-order valence-electron chi connectivity index (χ3n) is 7.63. The minimum atomic E-state index is -0.446. The van der Waals surface area contributed by atoms with Gasteiger partial charge in [0.15, 0.2) is 0 Å². The molecule has 0 saturated carbocycles. The summed E-state index contributed by atoms with van der Waals surface area (Å²) in [5.41, 5.74) is 1.06. The summed E-state index contributed by atoms with van der Waals surface area (Å²) in [5.74, 6) is 0. The zero-order valence-corrected chi connectivity index (χ0v) is 36.4. The van der Waals surface area contributed by atoms with Gasteiger partial charge >= 0.3 is 22.6 Å². The van der Waals surface area contributed by atoms with E-state index in [0.29, 0.717) is 0 Å². The smallest absolute Gasteiger partial charge is 0 e. The third kappa shape index (κ3) is 18.3. The van der Waals surface area contributed by atoms with Crippen LogP contribution in [-0.2, 0) is 47.4 Å². The van der Waals surface area contributed by atoms with Gasteiger partial charge in [0, 0.05) is 38.1 Å². The zero-order chi connectivity index (χ0) is 39.2. The Morgan fingerprint density at radius 3 is 0.684 bits per heavy atom. The topological polar surface area (TPSA) is 39.8 Å². The molecule has 57 heavy (non-hydrogen) atoms. The van der Waals surface area contributed by atoms with Gasteiger partial charge in [-0.1, -0.05) is 200 Å². The fourth-order valence-electron chi connectivity index (χ4n) is 5.24. The monoisotopic (exact) mass is 998 g/mol. The van der Waals surface area contributed by atoms with Gasteiger partial charge in [-0.2, -0.15) is 23.8 Å². The van der Waals surface area contributed by atoms with Crippen LogP contribution in [0.2, 0.25) is 0 Å². The standard InChI is InChI=1S/2C18H15P.C8H7.C5H5.2CO.Mn.Pt/c2*1-4-10-16(11-5-1)19(17-12-6-2-7-13-17)18-14-8-3-9-15-18;1-2-8-6-4-3-5-7-8;1-2-4-5-3-1;2*1-2;;/h2*1-15H;1-7H;1-5H;;;;/q;;2*-1;;;;. The van der Waals surface area contributed by atoms with E-state index in [0.717, 1.165) is 5.56 Å². The molecule has 0 atom stereocenters. The predicted molar refractivity (Wildman–Crippen MR) is 235 cm³/mol. The molecule has 0 aliphatic heterocycles. The minimum Gasteiger partial charge on any atom is -0.292 e. The van der Waals surface area contributed by atoms with Crippen LogP contribution in [0.25, 0.3) is 6.08 Å². The maximum Gasteiger partial charge on any atom is 0 e. The Balaban J connectivity index is 0.000000399. The molecule has 0 saturated heterocycles. The van der Waals surface area contributed by atoms with Gasteiger partial charge in [0.2, 0.25) is 0 Å². The number of hydrogen-bond acceptors (Lipinski definition) is 0. The van der Waals surface area contributed by atoms with Gasteiger partial charge in [0.05, 0.1) is 0 Å². The van der Waals surface area contributed by atoms with Crippen molar-refractivity contribution in [3.8, 4) is 0 Å². The van der Waals surface area contributed by atoms with E-state index in [-0.39, 0.29) is 38.1 Å². The maximum atomic E-state index is 7.50. The zero-order valence-electron chi connectivity index (χ0n) is 31.2. The summed E-state index contributed by atoms with van der Waals surface area (Å²) in [6, 6.07) is 84.4. The molecule has 0 heterocycles. The van der Waals surface area contributed by atoms with Gasteiger partial charge < -0.3 is 0 Å². The number of benzene rings is 7. The Bertz CT molecular complexity index is 1810. The first-order valence-corrected chi connectivity index (χ1v) is 20.1. The molecule has 0 amide bonds. The van der Waals surface area contributed by atoms with Crippen molar-refractivity contribution in [3.63, 3.8) is 0 Å². The molecule has 0 fully saturated rings. The molecule has 8 aromatic carbocycles. The molecule has 0 aromatic heterocycles. The van der Waals surface area contributed by atoms with Crippen LogP contribution in [0, 0.1) is 19.9 Å². The molecule has 0 unspecified atom stereocenters. The van der Waals surface area contributed by atoms with Gasteiger partial charge in [-0.15, -0.1) is 12.1 Å².